The van der Waals surface area contributed by atoms with Crippen LogP contribution in [0.2, 0.25) is 0 Å². The Morgan fingerprint density at radius 1 is 1.36 bits per heavy atom. The molecule has 0 saturated heterocycles. The summed E-state index contributed by atoms with van der Waals surface area (Å²) in [6.07, 6.45) is 0.410. The van der Waals surface area contributed by atoms with Crippen molar-refractivity contribution in [2.45, 2.75) is 6.42 Å². The van der Waals surface area contributed by atoms with Crippen LogP contribution >= 0.6 is 0 Å². The van der Waals surface area contributed by atoms with Crippen molar-refractivity contribution >= 4 is 6.01 Å². The third-order valence-electron chi connectivity index (χ3n) is 1.82. The molecule has 72 valence electrons. The molecule has 0 bridgehead atoms. The summed E-state index contributed by atoms with van der Waals surface area (Å²) in [7, 11) is 0. The van der Waals surface area contributed by atoms with Gasteiger partial charge in [-0.25, -0.2) is 0 Å². The summed E-state index contributed by atoms with van der Waals surface area (Å²) in [5.74, 6) is 0.680. The number of phenolic OH excluding ortho intramolecular Hbond substituents is 1. The van der Waals surface area contributed by atoms with E-state index in [2.05, 4.69) is 14.7 Å². The second kappa shape index (κ2) is 3.37. The largest absolute Gasteiger partial charge is 0.508 e. The summed E-state index contributed by atoms with van der Waals surface area (Å²) in [5, 5.41) is 13.1. The van der Waals surface area contributed by atoms with Gasteiger partial charge in [-0.05, 0) is 6.07 Å². The number of aromatic nitrogens is 2. The SMILES string of the molecule is Nc1nc(Cc2ccccc2O)no1. The van der Waals surface area contributed by atoms with Crippen molar-refractivity contribution in [3.05, 3.63) is 35.7 Å². The Bertz CT molecular complexity index is 439. The zero-order chi connectivity index (χ0) is 9.97. The molecule has 0 aliphatic carbocycles. The predicted molar refractivity (Wildman–Crippen MR) is 49.6 cm³/mol. The number of benzene rings is 1. The van der Waals surface area contributed by atoms with Gasteiger partial charge in [0.05, 0.1) is 0 Å². The molecule has 5 nitrogen and oxygen atoms in total. The maximum Gasteiger partial charge on any atom is 0.318 e. The van der Waals surface area contributed by atoms with Crippen molar-refractivity contribution in [3.8, 4) is 5.75 Å². The molecule has 1 heterocycles. The van der Waals surface area contributed by atoms with Crippen LogP contribution in [0.5, 0.6) is 5.75 Å². The Labute approximate surface area is 80.2 Å². The first-order chi connectivity index (χ1) is 6.75. The normalized spacial score (nSPS) is 10.3. The summed E-state index contributed by atoms with van der Waals surface area (Å²) in [4.78, 5) is 3.84. The molecule has 0 fully saturated rings. The number of rotatable bonds is 2. The molecule has 1 aromatic carbocycles. The molecular weight excluding hydrogens is 182 g/mol. The van der Waals surface area contributed by atoms with Crippen LogP contribution in [0, 0.1) is 0 Å². The van der Waals surface area contributed by atoms with Crippen molar-refractivity contribution in [1.29, 1.82) is 0 Å². The number of nitrogen functional groups attached to an aromatic ring is 1. The Kier molecular flexibility index (Phi) is 2.06. The minimum Gasteiger partial charge on any atom is -0.508 e. The highest BCUT2D eigenvalue weighted by Gasteiger charge is 2.06. The third kappa shape index (κ3) is 1.66. The van der Waals surface area contributed by atoms with E-state index in [-0.39, 0.29) is 11.8 Å². The van der Waals surface area contributed by atoms with Gasteiger partial charge in [-0.15, -0.1) is 0 Å². The first-order valence-corrected chi connectivity index (χ1v) is 4.10. The fourth-order valence-electron chi connectivity index (χ4n) is 1.17. The third-order valence-corrected chi connectivity index (χ3v) is 1.82. The van der Waals surface area contributed by atoms with Crippen LogP contribution < -0.4 is 5.73 Å². The number of aromatic hydroxyl groups is 1. The molecule has 0 aliphatic heterocycles. The molecule has 3 N–H and O–H groups in total. The number of phenols is 1. The molecular formula is C9H9N3O2. The Morgan fingerprint density at radius 3 is 2.79 bits per heavy atom. The van der Waals surface area contributed by atoms with Crippen LogP contribution in [0.3, 0.4) is 0 Å². The van der Waals surface area contributed by atoms with Crippen molar-refractivity contribution in [2.75, 3.05) is 5.73 Å². The van der Waals surface area contributed by atoms with Gasteiger partial charge in [0.2, 0.25) is 0 Å². The first kappa shape index (κ1) is 8.55. The van der Waals surface area contributed by atoms with Crippen molar-refractivity contribution in [3.63, 3.8) is 0 Å². The van der Waals surface area contributed by atoms with Crippen LogP contribution in [0.4, 0.5) is 6.01 Å². The second-order valence-electron chi connectivity index (χ2n) is 2.85. The lowest BCUT2D eigenvalue weighted by molar-refractivity contribution is 0.427. The molecule has 0 aliphatic rings. The van der Waals surface area contributed by atoms with Crippen LogP contribution in [0.15, 0.2) is 28.8 Å². The van der Waals surface area contributed by atoms with Gasteiger partial charge in [-0.2, -0.15) is 4.98 Å². The van der Waals surface area contributed by atoms with Gasteiger partial charge in [0.25, 0.3) is 0 Å². The van der Waals surface area contributed by atoms with E-state index in [4.69, 9.17) is 5.73 Å². The lowest BCUT2D eigenvalue weighted by Gasteiger charge is -1.99. The van der Waals surface area contributed by atoms with E-state index < -0.39 is 0 Å². The minimum absolute atomic E-state index is 0.0374. The molecule has 0 saturated carbocycles. The molecule has 0 unspecified atom stereocenters. The molecule has 2 aromatic rings. The quantitative estimate of drug-likeness (QED) is 0.738. The number of anilines is 1. The van der Waals surface area contributed by atoms with Crippen molar-refractivity contribution in [2.24, 2.45) is 0 Å². The topological polar surface area (TPSA) is 85.2 Å². The molecule has 14 heavy (non-hydrogen) atoms. The van der Waals surface area contributed by atoms with Crippen LogP contribution in [0.25, 0.3) is 0 Å². The second-order valence-corrected chi connectivity index (χ2v) is 2.85. The molecule has 0 amide bonds. The number of hydrogen-bond donors (Lipinski definition) is 2. The monoisotopic (exact) mass is 191 g/mol. The van der Waals surface area contributed by atoms with E-state index in [1.54, 1.807) is 18.2 Å². The van der Waals surface area contributed by atoms with Crippen LogP contribution in [-0.4, -0.2) is 15.2 Å². The molecule has 2 rings (SSSR count). The minimum atomic E-state index is 0.0374. The number of hydrogen-bond acceptors (Lipinski definition) is 5. The van der Waals surface area contributed by atoms with Gasteiger partial charge in [-0.3, -0.25) is 0 Å². The average Bonchev–Trinajstić information content (AvgIpc) is 2.56. The Hall–Kier alpha value is -2.04. The summed E-state index contributed by atoms with van der Waals surface area (Å²) in [6.45, 7) is 0. The van der Waals surface area contributed by atoms with Gasteiger partial charge in [0.15, 0.2) is 5.82 Å². The van der Waals surface area contributed by atoms with Gasteiger partial charge >= 0.3 is 6.01 Å². The van der Waals surface area contributed by atoms with Crippen LogP contribution in [0.1, 0.15) is 11.4 Å². The molecule has 0 spiro atoms. The zero-order valence-electron chi connectivity index (χ0n) is 7.34. The highest BCUT2D eigenvalue weighted by Crippen LogP contribution is 2.18. The molecule has 0 atom stereocenters. The summed E-state index contributed by atoms with van der Waals surface area (Å²) >= 11 is 0. The lowest BCUT2D eigenvalue weighted by atomic mass is 10.1. The average molecular weight is 191 g/mol. The molecule has 1 aromatic heterocycles. The van der Waals surface area contributed by atoms with E-state index in [1.165, 1.54) is 0 Å². The van der Waals surface area contributed by atoms with E-state index >= 15 is 0 Å². The van der Waals surface area contributed by atoms with Gasteiger partial charge in [-0.1, -0.05) is 23.4 Å². The maximum absolute atomic E-state index is 9.46. The number of para-hydroxylation sites is 1. The summed E-state index contributed by atoms with van der Waals surface area (Å²) in [6, 6.07) is 7.03. The van der Waals surface area contributed by atoms with Gasteiger partial charge in [0.1, 0.15) is 5.75 Å². The molecule has 5 heteroatoms. The van der Waals surface area contributed by atoms with E-state index in [0.29, 0.717) is 12.2 Å². The summed E-state index contributed by atoms with van der Waals surface area (Å²) in [5.41, 5.74) is 6.01. The van der Waals surface area contributed by atoms with Crippen LogP contribution in [-0.2, 0) is 6.42 Å². The number of nitrogens with zero attached hydrogens (tertiary/aromatic N) is 2. The smallest absolute Gasteiger partial charge is 0.318 e. The highest BCUT2D eigenvalue weighted by molar-refractivity contribution is 5.33. The van der Waals surface area contributed by atoms with E-state index in [9.17, 15) is 5.11 Å². The summed E-state index contributed by atoms with van der Waals surface area (Å²) < 4.78 is 4.61. The molecule has 0 radical (unpaired) electrons. The maximum atomic E-state index is 9.46. The highest BCUT2D eigenvalue weighted by atomic mass is 16.5. The van der Waals surface area contributed by atoms with Crippen molar-refractivity contribution < 1.29 is 9.63 Å². The number of nitrogens with two attached hydrogens (primary N) is 1. The van der Waals surface area contributed by atoms with E-state index in [1.807, 2.05) is 6.07 Å². The van der Waals surface area contributed by atoms with Gasteiger partial charge < -0.3 is 15.4 Å². The van der Waals surface area contributed by atoms with E-state index in [0.717, 1.165) is 5.56 Å². The van der Waals surface area contributed by atoms with Crippen molar-refractivity contribution in [1.82, 2.24) is 10.1 Å². The van der Waals surface area contributed by atoms with Gasteiger partial charge in [0, 0.05) is 12.0 Å². The first-order valence-electron chi connectivity index (χ1n) is 4.10. The zero-order valence-corrected chi connectivity index (χ0v) is 7.34. The fraction of sp³-hybridized carbons (Fsp3) is 0.111. The fourth-order valence-corrected chi connectivity index (χ4v) is 1.17. The predicted octanol–water partition coefficient (Wildman–Crippen LogP) is 0.948. The standard InChI is InChI=1S/C9H9N3O2/c10-9-11-8(12-14-9)5-6-3-1-2-4-7(6)13/h1-4,13H,5H2,(H2,10,11,12). The lowest BCUT2D eigenvalue weighted by Crippen LogP contribution is -1.91. The Balaban J connectivity index is 2.23. The Morgan fingerprint density at radius 2 is 2.14 bits per heavy atom.